The van der Waals surface area contributed by atoms with Crippen LogP contribution in [0, 0.1) is 12.8 Å². The number of halogens is 3. The van der Waals surface area contributed by atoms with Crippen molar-refractivity contribution in [3.05, 3.63) is 23.0 Å². The molecule has 0 aliphatic heterocycles. The van der Waals surface area contributed by atoms with Gasteiger partial charge in [0.2, 0.25) is 11.8 Å². The summed E-state index contributed by atoms with van der Waals surface area (Å²) in [5, 5.41) is 2.91. The number of nitrogens with one attached hydrogen (secondary N) is 1. The van der Waals surface area contributed by atoms with Gasteiger partial charge in [-0.1, -0.05) is 11.6 Å². The zero-order valence-electron chi connectivity index (χ0n) is 10.5. The van der Waals surface area contributed by atoms with Gasteiger partial charge in [-0.05, 0) is 31.4 Å². The summed E-state index contributed by atoms with van der Waals surface area (Å²) in [4.78, 5) is 15.9. The number of hydrogen-bond donors (Lipinski definition) is 1. The third-order valence-electron chi connectivity index (χ3n) is 3.45. The summed E-state index contributed by atoms with van der Waals surface area (Å²) < 4.78 is 26.1. The van der Waals surface area contributed by atoms with Crippen molar-refractivity contribution in [3.63, 3.8) is 0 Å². The van der Waals surface area contributed by atoms with Crippen molar-refractivity contribution in [3.8, 4) is 0 Å². The molecular weight excluding hydrogens is 274 g/mol. The molecule has 1 aromatic rings. The van der Waals surface area contributed by atoms with Gasteiger partial charge >= 0.3 is 0 Å². The molecule has 0 unspecified atom stereocenters. The molecule has 1 heterocycles. The highest BCUT2D eigenvalue weighted by Gasteiger charge is 2.37. The van der Waals surface area contributed by atoms with Crippen LogP contribution in [0.1, 0.15) is 31.2 Å². The first kappa shape index (κ1) is 14.2. The van der Waals surface area contributed by atoms with E-state index in [9.17, 15) is 13.6 Å². The van der Waals surface area contributed by atoms with Crippen LogP contribution in [0.5, 0.6) is 0 Å². The summed E-state index contributed by atoms with van der Waals surface area (Å²) >= 11 is 5.91. The fraction of sp³-hybridized carbons (Fsp3) is 0.538. The van der Waals surface area contributed by atoms with Crippen LogP contribution in [0.2, 0.25) is 5.15 Å². The Balaban J connectivity index is 2.02. The Morgan fingerprint density at radius 1 is 1.47 bits per heavy atom. The maximum Gasteiger partial charge on any atom is 0.248 e. The van der Waals surface area contributed by atoms with Crippen LogP contribution in [-0.2, 0) is 4.79 Å². The van der Waals surface area contributed by atoms with Crippen molar-refractivity contribution in [2.45, 2.75) is 38.5 Å². The standard InChI is InChI=1S/C13H15ClF2N2O/c1-8-4-7-17-11(14)10(8)18-12(19)9-2-5-13(15,16)6-3-9/h4,7,9H,2-3,5-6H2,1H3,(H,18,19). The Hall–Kier alpha value is -1.23. The van der Waals surface area contributed by atoms with E-state index in [0.29, 0.717) is 5.69 Å². The van der Waals surface area contributed by atoms with Gasteiger partial charge in [-0.25, -0.2) is 13.8 Å². The van der Waals surface area contributed by atoms with E-state index in [2.05, 4.69) is 10.3 Å². The fourth-order valence-corrected chi connectivity index (χ4v) is 2.46. The van der Waals surface area contributed by atoms with Crippen LogP contribution < -0.4 is 5.32 Å². The zero-order valence-corrected chi connectivity index (χ0v) is 11.3. The molecule has 0 atom stereocenters. The highest BCUT2D eigenvalue weighted by atomic mass is 35.5. The van der Waals surface area contributed by atoms with Gasteiger partial charge < -0.3 is 5.32 Å². The molecular formula is C13H15ClF2N2O. The summed E-state index contributed by atoms with van der Waals surface area (Å²) in [6.07, 6.45) is 1.50. The number of pyridine rings is 1. The zero-order chi connectivity index (χ0) is 14.0. The van der Waals surface area contributed by atoms with Crippen molar-refractivity contribution in [2.24, 2.45) is 5.92 Å². The second-order valence-electron chi connectivity index (χ2n) is 4.91. The molecule has 0 aromatic carbocycles. The third-order valence-corrected chi connectivity index (χ3v) is 3.74. The monoisotopic (exact) mass is 288 g/mol. The number of carbonyl (C=O) groups excluding carboxylic acids is 1. The smallest absolute Gasteiger partial charge is 0.248 e. The van der Waals surface area contributed by atoms with Crippen molar-refractivity contribution in [1.82, 2.24) is 4.98 Å². The number of aryl methyl sites for hydroxylation is 1. The molecule has 0 spiro atoms. The van der Waals surface area contributed by atoms with Gasteiger partial charge in [-0.2, -0.15) is 0 Å². The summed E-state index contributed by atoms with van der Waals surface area (Å²) in [5.41, 5.74) is 1.26. The molecule has 104 valence electrons. The lowest BCUT2D eigenvalue weighted by Gasteiger charge is -2.27. The molecule has 1 aliphatic carbocycles. The fourth-order valence-electron chi connectivity index (χ4n) is 2.20. The molecule has 1 fully saturated rings. The molecule has 1 aliphatic rings. The number of anilines is 1. The Labute approximate surface area is 115 Å². The summed E-state index contributed by atoms with van der Waals surface area (Å²) in [5.74, 6) is -3.26. The van der Waals surface area contributed by atoms with Gasteiger partial charge in [0.25, 0.3) is 0 Å². The molecule has 0 saturated heterocycles. The number of carbonyl (C=O) groups is 1. The molecule has 1 N–H and O–H groups in total. The molecule has 0 bridgehead atoms. The van der Waals surface area contributed by atoms with E-state index in [-0.39, 0.29) is 42.7 Å². The van der Waals surface area contributed by atoms with Gasteiger partial charge in [0.05, 0.1) is 5.69 Å². The quantitative estimate of drug-likeness (QED) is 0.841. The third kappa shape index (κ3) is 3.41. The summed E-state index contributed by atoms with van der Waals surface area (Å²) in [7, 11) is 0. The van der Waals surface area contributed by atoms with Gasteiger partial charge in [0.1, 0.15) is 0 Å². The van der Waals surface area contributed by atoms with E-state index >= 15 is 0 Å². The maximum absolute atomic E-state index is 13.0. The average Bonchev–Trinajstić information content (AvgIpc) is 2.33. The van der Waals surface area contributed by atoms with Crippen molar-refractivity contribution < 1.29 is 13.6 Å². The molecule has 3 nitrogen and oxygen atoms in total. The second kappa shape index (κ2) is 5.41. The van der Waals surface area contributed by atoms with Crippen LogP contribution in [-0.4, -0.2) is 16.8 Å². The van der Waals surface area contributed by atoms with E-state index in [0.717, 1.165) is 5.56 Å². The first-order valence-corrected chi connectivity index (χ1v) is 6.57. The minimum atomic E-state index is -2.63. The molecule has 0 radical (unpaired) electrons. The second-order valence-corrected chi connectivity index (χ2v) is 5.27. The van der Waals surface area contributed by atoms with Crippen LogP contribution in [0.25, 0.3) is 0 Å². The Bertz CT molecular complexity index is 463. The summed E-state index contributed by atoms with van der Waals surface area (Å²) in [6.45, 7) is 1.80. The van der Waals surface area contributed by atoms with E-state index in [1.165, 1.54) is 0 Å². The Kier molecular flexibility index (Phi) is 4.04. The van der Waals surface area contributed by atoms with Crippen LogP contribution >= 0.6 is 11.6 Å². The lowest BCUT2D eigenvalue weighted by molar-refractivity contribution is -0.124. The normalized spacial score (nSPS) is 19.2. The SMILES string of the molecule is Cc1ccnc(Cl)c1NC(=O)C1CCC(F)(F)CC1. The lowest BCUT2D eigenvalue weighted by Crippen LogP contribution is -2.32. The number of hydrogen-bond acceptors (Lipinski definition) is 2. The summed E-state index contributed by atoms with van der Waals surface area (Å²) in [6, 6.07) is 1.73. The van der Waals surface area contributed by atoms with Crippen molar-refractivity contribution in [2.75, 3.05) is 5.32 Å². The highest BCUT2D eigenvalue weighted by molar-refractivity contribution is 6.32. The van der Waals surface area contributed by atoms with Crippen LogP contribution in [0.4, 0.5) is 14.5 Å². The van der Waals surface area contributed by atoms with E-state index in [1.54, 1.807) is 19.2 Å². The maximum atomic E-state index is 13.0. The molecule has 1 amide bonds. The number of amides is 1. The van der Waals surface area contributed by atoms with Gasteiger partial charge in [-0.15, -0.1) is 0 Å². The predicted octanol–water partition coefficient (Wildman–Crippen LogP) is 3.81. The number of nitrogens with zero attached hydrogens (tertiary/aromatic N) is 1. The van der Waals surface area contributed by atoms with Crippen LogP contribution in [0.3, 0.4) is 0 Å². The lowest BCUT2D eigenvalue weighted by atomic mass is 9.86. The first-order chi connectivity index (χ1) is 8.89. The van der Waals surface area contributed by atoms with E-state index in [1.807, 2.05) is 0 Å². The van der Waals surface area contributed by atoms with E-state index < -0.39 is 5.92 Å². The van der Waals surface area contributed by atoms with E-state index in [4.69, 9.17) is 11.6 Å². The molecule has 2 rings (SSSR count). The minimum Gasteiger partial charge on any atom is -0.323 e. The molecule has 19 heavy (non-hydrogen) atoms. The Morgan fingerprint density at radius 2 is 2.11 bits per heavy atom. The van der Waals surface area contributed by atoms with Crippen molar-refractivity contribution in [1.29, 1.82) is 0 Å². The molecule has 1 saturated carbocycles. The van der Waals surface area contributed by atoms with Gasteiger partial charge in [0.15, 0.2) is 5.15 Å². The topological polar surface area (TPSA) is 42.0 Å². The number of alkyl halides is 2. The molecule has 6 heteroatoms. The number of rotatable bonds is 2. The predicted molar refractivity (Wildman–Crippen MR) is 69.5 cm³/mol. The van der Waals surface area contributed by atoms with Crippen molar-refractivity contribution >= 4 is 23.2 Å². The van der Waals surface area contributed by atoms with Gasteiger partial charge in [0, 0.05) is 25.0 Å². The number of aromatic nitrogens is 1. The van der Waals surface area contributed by atoms with Crippen LogP contribution in [0.15, 0.2) is 12.3 Å². The first-order valence-electron chi connectivity index (χ1n) is 6.19. The van der Waals surface area contributed by atoms with Gasteiger partial charge in [-0.3, -0.25) is 4.79 Å². The largest absolute Gasteiger partial charge is 0.323 e. The average molecular weight is 289 g/mol. The Morgan fingerprint density at radius 3 is 2.68 bits per heavy atom. The minimum absolute atomic E-state index is 0.204. The highest BCUT2D eigenvalue weighted by Crippen LogP contribution is 2.36. The molecule has 1 aromatic heterocycles.